The van der Waals surface area contributed by atoms with E-state index in [0.29, 0.717) is 6.42 Å². The zero-order valence-electron chi connectivity index (χ0n) is 10.6. The summed E-state index contributed by atoms with van der Waals surface area (Å²) in [6.45, 7) is 7.82. The molecular weight excluding hydrogens is 184 g/mol. The maximum Gasteiger partial charge on any atom is 0.0653 e. The molecule has 0 rings (SSSR count). The number of hydrogen-bond donors (Lipinski definition) is 1. The Bertz CT molecular complexity index is 149. The molecule has 15 heavy (non-hydrogen) atoms. The van der Waals surface area contributed by atoms with Crippen LogP contribution in [-0.2, 0) is 0 Å². The van der Waals surface area contributed by atoms with Crippen LogP contribution in [0.2, 0.25) is 0 Å². The number of rotatable bonds is 10. The molecule has 0 amide bonds. The molecule has 0 aromatic heterocycles. The summed E-state index contributed by atoms with van der Waals surface area (Å²) in [5.41, 5.74) is -0.523. The van der Waals surface area contributed by atoms with Gasteiger partial charge in [-0.25, -0.2) is 0 Å². The molecule has 0 aliphatic rings. The molecule has 0 heterocycles. The van der Waals surface area contributed by atoms with Gasteiger partial charge in [-0.3, -0.25) is 0 Å². The third-order valence-electron chi connectivity index (χ3n) is 2.90. The van der Waals surface area contributed by atoms with Crippen molar-refractivity contribution in [2.45, 2.75) is 77.2 Å². The lowest BCUT2D eigenvalue weighted by Gasteiger charge is -2.21. The lowest BCUT2D eigenvalue weighted by molar-refractivity contribution is 0.0512. The Balaban J connectivity index is 3.26. The maximum absolute atomic E-state index is 9.88. The minimum Gasteiger partial charge on any atom is -0.390 e. The summed E-state index contributed by atoms with van der Waals surface area (Å²) in [5.74, 6) is 0. The largest absolute Gasteiger partial charge is 0.390 e. The van der Waals surface area contributed by atoms with Crippen molar-refractivity contribution in [2.75, 3.05) is 0 Å². The lowest BCUT2D eigenvalue weighted by atomic mass is 9.94. The highest BCUT2D eigenvalue weighted by molar-refractivity contribution is 4.82. The van der Waals surface area contributed by atoms with E-state index in [4.69, 9.17) is 0 Å². The first-order chi connectivity index (χ1) is 7.12. The van der Waals surface area contributed by atoms with E-state index >= 15 is 0 Å². The second-order valence-electron chi connectivity index (χ2n) is 4.86. The number of unbranched alkanes of at least 4 members (excludes halogenated alkanes) is 6. The zero-order valence-corrected chi connectivity index (χ0v) is 10.6. The van der Waals surface area contributed by atoms with Gasteiger partial charge in [-0.05, 0) is 19.8 Å². The summed E-state index contributed by atoms with van der Waals surface area (Å²) in [6.07, 6.45) is 12.6. The van der Waals surface area contributed by atoms with Gasteiger partial charge in [-0.2, -0.15) is 0 Å². The Kier molecular flexibility index (Phi) is 8.79. The monoisotopic (exact) mass is 212 g/mol. The minimum absolute atomic E-state index is 0.523. The predicted molar refractivity (Wildman–Crippen MR) is 68.0 cm³/mol. The normalized spacial score (nSPS) is 14.9. The Labute approximate surface area is 95.6 Å². The highest BCUT2D eigenvalue weighted by Crippen LogP contribution is 2.19. The van der Waals surface area contributed by atoms with Gasteiger partial charge in [0.15, 0.2) is 0 Å². The predicted octanol–water partition coefficient (Wildman–Crippen LogP) is 4.45. The van der Waals surface area contributed by atoms with Crippen molar-refractivity contribution in [1.82, 2.24) is 0 Å². The van der Waals surface area contributed by atoms with Gasteiger partial charge in [-0.1, -0.05) is 57.9 Å². The third kappa shape index (κ3) is 9.99. The van der Waals surface area contributed by atoms with Gasteiger partial charge >= 0.3 is 0 Å². The van der Waals surface area contributed by atoms with Gasteiger partial charge in [0.25, 0.3) is 0 Å². The molecule has 0 aromatic rings. The fraction of sp³-hybridized carbons (Fsp3) is 0.857. The Morgan fingerprint density at radius 3 is 2.13 bits per heavy atom. The molecule has 0 radical (unpaired) electrons. The number of hydrogen-bond acceptors (Lipinski definition) is 1. The SMILES string of the molecule is C=CCC(C)(O)CCCCCCCCC. The molecule has 1 unspecified atom stereocenters. The van der Waals surface area contributed by atoms with E-state index in [2.05, 4.69) is 13.5 Å². The van der Waals surface area contributed by atoms with Gasteiger partial charge in [0.2, 0.25) is 0 Å². The van der Waals surface area contributed by atoms with Crippen LogP contribution in [0.15, 0.2) is 12.7 Å². The van der Waals surface area contributed by atoms with Crippen molar-refractivity contribution in [1.29, 1.82) is 0 Å². The van der Waals surface area contributed by atoms with Crippen molar-refractivity contribution >= 4 is 0 Å². The second-order valence-corrected chi connectivity index (χ2v) is 4.86. The van der Waals surface area contributed by atoms with Gasteiger partial charge < -0.3 is 5.11 Å². The quantitative estimate of drug-likeness (QED) is 0.419. The van der Waals surface area contributed by atoms with E-state index < -0.39 is 5.60 Å². The number of aliphatic hydroxyl groups is 1. The minimum atomic E-state index is -0.523. The Morgan fingerprint density at radius 1 is 1.07 bits per heavy atom. The summed E-state index contributed by atoms with van der Waals surface area (Å²) >= 11 is 0. The summed E-state index contributed by atoms with van der Waals surface area (Å²) in [7, 11) is 0. The van der Waals surface area contributed by atoms with E-state index in [1.165, 1.54) is 38.5 Å². The molecular formula is C14H28O. The van der Waals surface area contributed by atoms with E-state index in [1.54, 1.807) is 6.08 Å². The second kappa shape index (κ2) is 8.96. The highest BCUT2D eigenvalue weighted by Gasteiger charge is 2.16. The summed E-state index contributed by atoms with van der Waals surface area (Å²) < 4.78 is 0. The van der Waals surface area contributed by atoms with Gasteiger partial charge in [0, 0.05) is 0 Å². The summed E-state index contributed by atoms with van der Waals surface area (Å²) in [5, 5.41) is 9.88. The van der Waals surface area contributed by atoms with E-state index in [1.807, 2.05) is 6.92 Å². The molecule has 1 atom stereocenters. The highest BCUT2D eigenvalue weighted by atomic mass is 16.3. The average molecular weight is 212 g/mol. The van der Waals surface area contributed by atoms with Crippen LogP contribution in [0.1, 0.15) is 71.6 Å². The average Bonchev–Trinajstić information content (AvgIpc) is 2.16. The Hall–Kier alpha value is -0.300. The topological polar surface area (TPSA) is 20.2 Å². The molecule has 0 saturated heterocycles. The summed E-state index contributed by atoms with van der Waals surface area (Å²) in [6, 6.07) is 0. The van der Waals surface area contributed by atoms with Gasteiger partial charge in [-0.15, -0.1) is 6.58 Å². The zero-order chi connectivity index (χ0) is 11.6. The first-order valence-corrected chi connectivity index (χ1v) is 6.45. The molecule has 0 spiro atoms. The van der Waals surface area contributed by atoms with Crippen molar-refractivity contribution < 1.29 is 5.11 Å². The van der Waals surface area contributed by atoms with Crippen molar-refractivity contribution in [2.24, 2.45) is 0 Å². The molecule has 1 nitrogen and oxygen atoms in total. The molecule has 0 aromatic carbocycles. The molecule has 0 saturated carbocycles. The smallest absolute Gasteiger partial charge is 0.0653 e. The molecule has 0 fully saturated rings. The standard InChI is InChI=1S/C14H28O/c1-4-6-7-8-9-10-11-13-14(3,15)12-5-2/h5,15H,2,4,6-13H2,1,3H3. The van der Waals surface area contributed by atoms with Crippen molar-refractivity contribution in [3.05, 3.63) is 12.7 Å². The molecule has 0 bridgehead atoms. The lowest BCUT2D eigenvalue weighted by Crippen LogP contribution is -2.22. The van der Waals surface area contributed by atoms with Crippen molar-refractivity contribution in [3.8, 4) is 0 Å². The van der Waals surface area contributed by atoms with Gasteiger partial charge in [0.05, 0.1) is 5.60 Å². The van der Waals surface area contributed by atoms with Crippen LogP contribution in [-0.4, -0.2) is 10.7 Å². The van der Waals surface area contributed by atoms with Crippen LogP contribution in [0.4, 0.5) is 0 Å². The Morgan fingerprint density at radius 2 is 1.60 bits per heavy atom. The first-order valence-electron chi connectivity index (χ1n) is 6.45. The molecule has 90 valence electrons. The van der Waals surface area contributed by atoms with Crippen molar-refractivity contribution in [3.63, 3.8) is 0 Å². The van der Waals surface area contributed by atoms with E-state index in [-0.39, 0.29) is 0 Å². The van der Waals surface area contributed by atoms with Crippen LogP contribution in [0.3, 0.4) is 0 Å². The van der Waals surface area contributed by atoms with E-state index in [0.717, 1.165) is 12.8 Å². The fourth-order valence-corrected chi connectivity index (χ4v) is 1.88. The molecule has 0 aliphatic carbocycles. The summed E-state index contributed by atoms with van der Waals surface area (Å²) in [4.78, 5) is 0. The molecule has 1 N–H and O–H groups in total. The van der Waals surface area contributed by atoms with Crippen LogP contribution >= 0.6 is 0 Å². The molecule has 0 aliphatic heterocycles. The van der Waals surface area contributed by atoms with Crippen LogP contribution < -0.4 is 0 Å². The van der Waals surface area contributed by atoms with Crippen LogP contribution in [0.5, 0.6) is 0 Å². The van der Waals surface area contributed by atoms with Crippen LogP contribution in [0.25, 0.3) is 0 Å². The fourth-order valence-electron chi connectivity index (χ4n) is 1.88. The first kappa shape index (κ1) is 14.7. The third-order valence-corrected chi connectivity index (χ3v) is 2.90. The maximum atomic E-state index is 9.88. The molecule has 1 heteroatoms. The van der Waals surface area contributed by atoms with Gasteiger partial charge in [0.1, 0.15) is 0 Å². The van der Waals surface area contributed by atoms with Crippen LogP contribution in [0, 0.1) is 0 Å². The van der Waals surface area contributed by atoms with E-state index in [9.17, 15) is 5.11 Å².